The largest absolute Gasteiger partial charge is 0.327 e. The molecule has 1 aromatic carbocycles. The molecule has 0 spiro atoms. The van der Waals surface area contributed by atoms with Gasteiger partial charge in [-0.15, -0.1) is 0 Å². The molecule has 0 fully saturated rings. The molecule has 0 amide bonds. The first kappa shape index (κ1) is 15.4. The molecule has 0 atom stereocenters. The van der Waals surface area contributed by atoms with Gasteiger partial charge < -0.3 is 10.2 Å². The SMILES string of the molecule is CCN(c1ccc(F)cc1)c1cc(CNC(C)C)ccn1. The molecule has 1 N–H and O–H groups in total. The summed E-state index contributed by atoms with van der Waals surface area (Å²) in [6, 6.07) is 11.0. The van der Waals surface area contributed by atoms with Gasteiger partial charge in [0.2, 0.25) is 0 Å². The fourth-order valence-electron chi connectivity index (χ4n) is 2.14. The van der Waals surface area contributed by atoms with Crippen molar-refractivity contribution >= 4 is 11.5 Å². The molecular weight excluding hydrogens is 265 g/mol. The average Bonchev–Trinajstić information content (AvgIpc) is 2.48. The van der Waals surface area contributed by atoms with Gasteiger partial charge in [0.15, 0.2) is 0 Å². The fraction of sp³-hybridized carbons (Fsp3) is 0.353. The van der Waals surface area contributed by atoms with Crippen molar-refractivity contribution in [2.45, 2.75) is 33.4 Å². The molecule has 0 unspecified atom stereocenters. The van der Waals surface area contributed by atoms with E-state index in [2.05, 4.69) is 42.0 Å². The Kier molecular flexibility index (Phi) is 5.28. The van der Waals surface area contributed by atoms with Crippen LogP contribution in [0.4, 0.5) is 15.9 Å². The number of nitrogens with zero attached hydrogens (tertiary/aromatic N) is 2. The van der Waals surface area contributed by atoms with E-state index in [9.17, 15) is 4.39 Å². The van der Waals surface area contributed by atoms with E-state index in [-0.39, 0.29) is 5.82 Å². The second-order valence-electron chi connectivity index (χ2n) is 5.28. The van der Waals surface area contributed by atoms with E-state index in [0.29, 0.717) is 6.04 Å². The monoisotopic (exact) mass is 287 g/mol. The van der Waals surface area contributed by atoms with Crippen LogP contribution < -0.4 is 10.2 Å². The number of pyridine rings is 1. The maximum atomic E-state index is 13.1. The highest BCUT2D eigenvalue weighted by atomic mass is 19.1. The van der Waals surface area contributed by atoms with E-state index < -0.39 is 0 Å². The predicted molar refractivity (Wildman–Crippen MR) is 85.3 cm³/mol. The molecule has 112 valence electrons. The second-order valence-corrected chi connectivity index (χ2v) is 5.28. The highest BCUT2D eigenvalue weighted by molar-refractivity contribution is 5.60. The highest BCUT2D eigenvalue weighted by Gasteiger charge is 2.09. The molecule has 3 nitrogen and oxygen atoms in total. The number of nitrogens with one attached hydrogen (secondary N) is 1. The van der Waals surface area contributed by atoms with Gasteiger partial charge >= 0.3 is 0 Å². The lowest BCUT2D eigenvalue weighted by Crippen LogP contribution is -2.22. The standard InChI is InChI=1S/C17H22FN3/c1-4-21(16-7-5-15(18)6-8-16)17-11-14(9-10-19-17)12-20-13(2)3/h5-11,13,20H,4,12H2,1-3H3. The molecule has 0 aliphatic heterocycles. The first-order valence-corrected chi connectivity index (χ1v) is 7.31. The summed E-state index contributed by atoms with van der Waals surface area (Å²) in [5, 5.41) is 3.40. The quantitative estimate of drug-likeness (QED) is 0.874. The number of rotatable bonds is 6. The van der Waals surface area contributed by atoms with Gasteiger partial charge in [-0.1, -0.05) is 13.8 Å². The zero-order chi connectivity index (χ0) is 15.2. The summed E-state index contributed by atoms with van der Waals surface area (Å²) in [7, 11) is 0. The van der Waals surface area contributed by atoms with Crippen LogP contribution in [0.5, 0.6) is 0 Å². The Morgan fingerprint density at radius 1 is 1.19 bits per heavy atom. The summed E-state index contributed by atoms with van der Waals surface area (Å²) < 4.78 is 13.1. The van der Waals surface area contributed by atoms with Gasteiger partial charge in [-0.2, -0.15) is 0 Å². The Morgan fingerprint density at radius 3 is 2.52 bits per heavy atom. The van der Waals surface area contributed by atoms with E-state index in [1.54, 1.807) is 12.1 Å². The van der Waals surface area contributed by atoms with Crippen molar-refractivity contribution in [3.63, 3.8) is 0 Å². The third-order valence-corrected chi connectivity index (χ3v) is 3.26. The Morgan fingerprint density at radius 2 is 1.90 bits per heavy atom. The molecule has 4 heteroatoms. The van der Waals surface area contributed by atoms with Crippen LogP contribution in [-0.2, 0) is 6.54 Å². The molecule has 0 bridgehead atoms. The van der Waals surface area contributed by atoms with E-state index in [4.69, 9.17) is 0 Å². The van der Waals surface area contributed by atoms with Crippen molar-refractivity contribution < 1.29 is 4.39 Å². The summed E-state index contributed by atoms with van der Waals surface area (Å²) in [5.41, 5.74) is 2.13. The van der Waals surface area contributed by atoms with Gasteiger partial charge in [-0.05, 0) is 48.9 Å². The van der Waals surface area contributed by atoms with Crippen molar-refractivity contribution in [3.8, 4) is 0 Å². The minimum absolute atomic E-state index is 0.224. The van der Waals surface area contributed by atoms with Gasteiger partial charge in [0, 0.05) is 31.0 Å². The lowest BCUT2D eigenvalue weighted by Gasteiger charge is -2.22. The summed E-state index contributed by atoms with van der Waals surface area (Å²) in [6.45, 7) is 7.90. The zero-order valence-corrected chi connectivity index (χ0v) is 12.8. The molecular formula is C17H22FN3. The molecule has 0 aliphatic rings. The minimum atomic E-state index is -0.224. The van der Waals surface area contributed by atoms with Gasteiger partial charge in [0.25, 0.3) is 0 Å². The lowest BCUT2D eigenvalue weighted by molar-refractivity contribution is 0.588. The third kappa shape index (κ3) is 4.26. The minimum Gasteiger partial charge on any atom is -0.327 e. The average molecular weight is 287 g/mol. The summed E-state index contributed by atoms with van der Waals surface area (Å²) in [5.74, 6) is 0.657. The van der Waals surface area contributed by atoms with Crippen LogP contribution in [0.1, 0.15) is 26.3 Å². The molecule has 1 aromatic heterocycles. The Hall–Kier alpha value is -1.94. The predicted octanol–water partition coefficient (Wildman–Crippen LogP) is 3.88. The molecule has 0 aliphatic carbocycles. The Balaban J connectivity index is 2.21. The van der Waals surface area contributed by atoms with Crippen LogP contribution in [0, 0.1) is 5.82 Å². The number of aromatic nitrogens is 1. The number of anilines is 2. The van der Waals surface area contributed by atoms with Crippen molar-refractivity contribution in [2.24, 2.45) is 0 Å². The van der Waals surface area contributed by atoms with Crippen molar-refractivity contribution in [2.75, 3.05) is 11.4 Å². The Labute approximate surface area is 125 Å². The first-order valence-electron chi connectivity index (χ1n) is 7.31. The topological polar surface area (TPSA) is 28.2 Å². The second kappa shape index (κ2) is 7.18. The smallest absolute Gasteiger partial charge is 0.133 e. The summed E-state index contributed by atoms with van der Waals surface area (Å²) in [6.07, 6.45) is 1.82. The summed E-state index contributed by atoms with van der Waals surface area (Å²) >= 11 is 0. The number of hydrogen-bond donors (Lipinski definition) is 1. The molecule has 2 rings (SSSR count). The van der Waals surface area contributed by atoms with Gasteiger partial charge in [-0.3, -0.25) is 0 Å². The molecule has 0 saturated heterocycles. The summed E-state index contributed by atoms with van der Waals surface area (Å²) in [4.78, 5) is 6.51. The molecule has 21 heavy (non-hydrogen) atoms. The van der Waals surface area contributed by atoms with Crippen LogP contribution in [0.25, 0.3) is 0 Å². The first-order chi connectivity index (χ1) is 10.1. The van der Waals surface area contributed by atoms with E-state index in [0.717, 1.165) is 24.6 Å². The van der Waals surface area contributed by atoms with Crippen molar-refractivity contribution in [1.29, 1.82) is 0 Å². The van der Waals surface area contributed by atoms with Crippen LogP contribution in [0.15, 0.2) is 42.6 Å². The maximum absolute atomic E-state index is 13.1. The van der Waals surface area contributed by atoms with Crippen LogP contribution in [0.2, 0.25) is 0 Å². The molecule has 1 heterocycles. The van der Waals surface area contributed by atoms with Gasteiger partial charge in [0.1, 0.15) is 11.6 Å². The Bertz CT molecular complexity index is 567. The lowest BCUT2D eigenvalue weighted by atomic mass is 10.2. The van der Waals surface area contributed by atoms with E-state index in [1.807, 2.05) is 12.3 Å². The molecule has 2 aromatic rings. The van der Waals surface area contributed by atoms with Crippen molar-refractivity contribution in [3.05, 3.63) is 54.0 Å². The maximum Gasteiger partial charge on any atom is 0.133 e. The van der Waals surface area contributed by atoms with E-state index in [1.165, 1.54) is 17.7 Å². The number of benzene rings is 1. The highest BCUT2D eigenvalue weighted by Crippen LogP contribution is 2.24. The zero-order valence-electron chi connectivity index (χ0n) is 12.8. The van der Waals surface area contributed by atoms with E-state index >= 15 is 0 Å². The normalized spacial score (nSPS) is 10.9. The third-order valence-electron chi connectivity index (χ3n) is 3.26. The number of hydrogen-bond acceptors (Lipinski definition) is 3. The van der Waals surface area contributed by atoms with Crippen LogP contribution in [-0.4, -0.2) is 17.6 Å². The van der Waals surface area contributed by atoms with Gasteiger partial charge in [-0.25, -0.2) is 9.37 Å². The van der Waals surface area contributed by atoms with Gasteiger partial charge in [0.05, 0.1) is 0 Å². The molecule has 0 saturated carbocycles. The van der Waals surface area contributed by atoms with Crippen molar-refractivity contribution in [1.82, 2.24) is 10.3 Å². The van der Waals surface area contributed by atoms with Crippen LogP contribution >= 0.6 is 0 Å². The fourth-order valence-corrected chi connectivity index (χ4v) is 2.14. The van der Waals surface area contributed by atoms with Crippen LogP contribution in [0.3, 0.4) is 0 Å². The number of halogens is 1. The molecule has 0 radical (unpaired) electrons.